The van der Waals surface area contributed by atoms with Crippen LogP contribution in [0.1, 0.15) is 38.3 Å². The summed E-state index contributed by atoms with van der Waals surface area (Å²) in [5.41, 5.74) is 0. The van der Waals surface area contributed by atoms with Gasteiger partial charge in [-0.15, -0.1) is 0 Å². The van der Waals surface area contributed by atoms with Gasteiger partial charge in [-0.25, -0.2) is 4.98 Å². The lowest BCUT2D eigenvalue weighted by atomic mass is 10.2. The highest BCUT2D eigenvalue weighted by Crippen LogP contribution is 2.36. The molecule has 0 radical (unpaired) electrons. The molecule has 0 amide bonds. The van der Waals surface area contributed by atoms with Gasteiger partial charge in [-0.05, 0) is 20.3 Å². The maximum Gasteiger partial charge on any atom is 0.250 e. The standard InChI is InChI=1S/C12H16Cl3N5/c1-4-8(2)20(7-5-6-16)11-18-9(3)17-10(19-11)12(13,14)15/h8H,4-5,7H2,1-3H3. The van der Waals surface area contributed by atoms with Gasteiger partial charge in [-0.1, -0.05) is 41.7 Å². The highest BCUT2D eigenvalue weighted by atomic mass is 35.6. The van der Waals surface area contributed by atoms with Gasteiger partial charge in [0.1, 0.15) is 5.82 Å². The van der Waals surface area contributed by atoms with Crippen LogP contribution < -0.4 is 4.90 Å². The number of anilines is 1. The Bertz CT molecular complexity index is 495. The topological polar surface area (TPSA) is 65.7 Å². The van der Waals surface area contributed by atoms with E-state index in [0.29, 0.717) is 24.7 Å². The van der Waals surface area contributed by atoms with Gasteiger partial charge in [0.2, 0.25) is 9.74 Å². The van der Waals surface area contributed by atoms with Crippen molar-refractivity contribution in [3.8, 4) is 6.07 Å². The van der Waals surface area contributed by atoms with Crippen LogP contribution >= 0.6 is 34.8 Å². The number of aryl methyl sites for hydroxylation is 1. The van der Waals surface area contributed by atoms with Crippen LogP contribution in [0, 0.1) is 18.3 Å². The largest absolute Gasteiger partial charge is 0.337 e. The number of hydrogen-bond donors (Lipinski definition) is 0. The van der Waals surface area contributed by atoms with Gasteiger partial charge in [-0.3, -0.25) is 0 Å². The predicted molar refractivity (Wildman–Crippen MR) is 81.1 cm³/mol. The summed E-state index contributed by atoms with van der Waals surface area (Å²) in [6.45, 7) is 6.32. The SMILES string of the molecule is CCC(C)N(CCC#N)c1nc(C)nc(C(Cl)(Cl)Cl)n1. The fraction of sp³-hybridized carbons (Fsp3) is 0.667. The fourth-order valence-electron chi connectivity index (χ4n) is 1.63. The van der Waals surface area contributed by atoms with Crippen LogP contribution in [0.3, 0.4) is 0 Å². The minimum atomic E-state index is -1.70. The minimum Gasteiger partial charge on any atom is -0.337 e. The van der Waals surface area contributed by atoms with Crippen molar-refractivity contribution in [2.75, 3.05) is 11.4 Å². The summed E-state index contributed by atoms with van der Waals surface area (Å²) in [7, 11) is 0. The van der Waals surface area contributed by atoms with E-state index < -0.39 is 3.79 Å². The zero-order valence-electron chi connectivity index (χ0n) is 11.6. The molecule has 0 saturated heterocycles. The molecule has 0 bridgehead atoms. The van der Waals surface area contributed by atoms with Crippen LogP contribution in [0.25, 0.3) is 0 Å². The van der Waals surface area contributed by atoms with E-state index in [0.717, 1.165) is 6.42 Å². The van der Waals surface area contributed by atoms with Crippen molar-refractivity contribution >= 4 is 40.8 Å². The Morgan fingerprint density at radius 3 is 2.45 bits per heavy atom. The molecule has 20 heavy (non-hydrogen) atoms. The first-order valence-electron chi connectivity index (χ1n) is 6.23. The zero-order chi connectivity index (χ0) is 15.3. The van der Waals surface area contributed by atoms with Crippen molar-refractivity contribution in [2.24, 2.45) is 0 Å². The molecule has 0 spiro atoms. The van der Waals surface area contributed by atoms with Crippen molar-refractivity contribution in [3.63, 3.8) is 0 Å². The molecule has 0 N–H and O–H groups in total. The second kappa shape index (κ2) is 7.26. The third kappa shape index (κ3) is 4.62. The smallest absolute Gasteiger partial charge is 0.250 e. The first-order chi connectivity index (χ1) is 9.29. The molecule has 0 aliphatic heterocycles. The summed E-state index contributed by atoms with van der Waals surface area (Å²) in [5, 5.41) is 8.76. The van der Waals surface area contributed by atoms with Crippen LogP contribution in [0.4, 0.5) is 5.95 Å². The molecule has 0 fully saturated rings. The summed E-state index contributed by atoms with van der Waals surface area (Å²) in [6.07, 6.45) is 1.26. The minimum absolute atomic E-state index is 0.0928. The van der Waals surface area contributed by atoms with Crippen LogP contribution in [-0.2, 0) is 3.79 Å². The van der Waals surface area contributed by atoms with E-state index in [9.17, 15) is 0 Å². The van der Waals surface area contributed by atoms with Gasteiger partial charge in [0.25, 0.3) is 0 Å². The number of halogens is 3. The molecule has 0 aliphatic rings. The van der Waals surface area contributed by atoms with Crippen molar-refractivity contribution < 1.29 is 0 Å². The Morgan fingerprint density at radius 1 is 1.30 bits per heavy atom. The maximum atomic E-state index is 8.76. The average molecular weight is 337 g/mol. The Hall–Kier alpha value is -0.830. The van der Waals surface area contributed by atoms with Gasteiger partial charge in [0.05, 0.1) is 12.5 Å². The van der Waals surface area contributed by atoms with Gasteiger partial charge in [0.15, 0.2) is 5.82 Å². The quantitative estimate of drug-likeness (QED) is 0.770. The molecule has 1 atom stereocenters. The number of nitrogens with zero attached hydrogens (tertiary/aromatic N) is 5. The summed E-state index contributed by atoms with van der Waals surface area (Å²) in [4.78, 5) is 14.5. The Labute approximate surface area is 133 Å². The summed E-state index contributed by atoms with van der Waals surface area (Å²) in [6, 6.07) is 2.29. The number of nitriles is 1. The zero-order valence-corrected chi connectivity index (χ0v) is 13.8. The Morgan fingerprint density at radius 2 is 1.95 bits per heavy atom. The van der Waals surface area contributed by atoms with E-state index in [1.54, 1.807) is 6.92 Å². The summed E-state index contributed by atoms with van der Waals surface area (Å²) >= 11 is 17.5. The van der Waals surface area contributed by atoms with E-state index >= 15 is 0 Å². The molecule has 5 nitrogen and oxygen atoms in total. The van der Waals surface area contributed by atoms with Crippen LogP contribution in [0.2, 0.25) is 0 Å². The molecule has 1 aromatic heterocycles. The first kappa shape index (κ1) is 17.2. The Kier molecular flexibility index (Phi) is 6.25. The normalized spacial score (nSPS) is 12.8. The molecule has 0 aliphatic carbocycles. The number of aromatic nitrogens is 3. The van der Waals surface area contributed by atoms with E-state index in [4.69, 9.17) is 40.1 Å². The molecular weight excluding hydrogens is 321 g/mol. The van der Waals surface area contributed by atoms with Crippen LogP contribution in [0.15, 0.2) is 0 Å². The van der Waals surface area contributed by atoms with Gasteiger partial charge in [0, 0.05) is 12.6 Å². The van der Waals surface area contributed by atoms with Gasteiger partial charge >= 0.3 is 0 Å². The molecular formula is C12H16Cl3N5. The fourth-order valence-corrected chi connectivity index (χ4v) is 1.88. The van der Waals surface area contributed by atoms with Crippen LogP contribution in [-0.4, -0.2) is 27.5 Å². The lowest BCUT2D eigenvalue weighted by Crippen LogP contribution is -2.35. The summed E-state index contributed by atoms with van der Waals surface area (Å²) < 4.78 is -1.70. The Balaban J connectivity index is 3.19. The third-order valence-corrected chi connectivity index (χ3v) is 3.34. The predicted octanol–water partition coefficient (Wildman–Crippen LogP) is 3.53. The molecule has 110 valence electrons. The average Bonchev–Trinajstić information content (AvgIpc) is 2.37. The number of rotatable bonds is 5. The van der Waals surface area contributed by atoms with Crippen molar-refractivity contribution in [2.45, 2.75) is 43.4 Å². The number of alkyl halides is 3. The molecule has 1 rings (SSSR count). The van der Waals surface area contributed by atoms with Crippen molar-refractivity contribution in [1.82, 2.24) is 15.0 Å². The third-order valence-electron chi connectivity index (χ3n) is 2.83. The molecule has 1 heterocycles. The first-order valence-corrected chi connectivity index (χ1v) is 7.36. The van der Waals surface area contributed by atoms with Gasteiger partial charge in [-0.2, -0.15) is 15.2 Å². The maximum absolute atomic E-state index is 8.76. The molecule has 1 aromatic rings. The number of hydrogen-bond acceptors (Lipinski definition) is 5. The lowest BCUT2D eigenvalue weighted by Gasteiger charge is -2.28. The van der Waals surface area contributed by atoms with E-state index in [1.165, 1.54) is 0 Å². The second-order valence-corrected chi connectivity index (χ2v) is 6.64. The summed E-state index contributed by atoms with van der Waals surface area (Å²) in [5.74, 6) is 1.00. The van der Waals surface area contributed by atoms with Crippen LogP contribution in [0.5, 0.6) is 0 Å². The molecule has 0 saturated carbocycles. The monoisotopic (exact) mass is 335 g/mol. The highest BCUT2D eigenvalue weighted by Gasteiger charge is 2.29. The molecule has 8 heteroatoms. The van der Waals surface area contributed by atoms with E-state index in [2.05, 4.69) is 21.0 Å². The van der Waals surface area contributed by atoms with E-state index in [1.807, 2.05) is 18.7 Å². The lowest BCUT2D eigenvalue weighted by molar-refractivity contribution is 0.599. The molecule has 0 aromatic carbocycles. The van der Waals surface area contributed by atoms with Gasteiger partial charge < -0.3 is 4.90 Å². The van der Waals surface area contributed by atoms with Crippen molar-refractivity contribution in [1.29, 1.82) is 5.26 Å². The molecule has 1 unspecified atom stereocenters. The highest BCUT2D eigenvalue weighted by molar-refractivity contribution is 6.66. The van der Waals surface area contributed by atoms with Crippen molar-refractivity contribution in [3.05, 3.63) is 11.6 Å². The van der Waals surface area contributed by atoms with E-state index in [-0.39, 0.29) is 11.9 Å². The second-order valence-electron chi connectivity index (χ2n) is 4.36.